The van der Waals surface area contributed by atoms with E-state index in [9.17, 15) is 4.79 Å². The molecule has 0 spiro atoms. The standard InChI is InChI=1S/C21H19N5O/c1-2-14-12-26-19(20(22)23-13-24-26)18(14)15-8-10-16(11-9-15)21(27)25-17-6-4-3-5-7-17/h3-13H,2H2,1H3,(H,25,27)(H2,22,23,24). The SMILES string of the molecule is CCc1cn2ncnc(N)c2c1-c1ccc(C(=O)Nc2ccccc2)cc1. The Morgan fingerprint density at radius 2 is 1.85 bits per heavy atom. The molecule has 6 nitrogen and oxygen atoms in total. The topological polar surface area (TPSA) is 85.3 Å². The number of aromatic nitrogens is 3. The Kier molecular flexibility index (Phi) is 4.30. The molecular weight excluding hydrogens is 338 g/mol. The van der Waals surface area contributed by atoms with Gasteiger partial charge in [0.15, 0.2) is 5.82 Å². The number of rotatable bonds is 4. The van der Waals surface area contributed by atoms with E-state index in [0.717, 1.165) is 34.3 Å². The predicted molar refractivity (Wildman–Crippen MR) is 107 cm³/mol. The first-order valence-electron chi connectivity index (χ1n) is 8.75. The maximum atomic E-state index is 12.4. The van der Waals surface area contributed by atoms with Gasteiger partial charge in [0.05, 0.1) is 0 Å². The van der Waals surface area contributed by atoms with Crippen molar-refractivity contribution in [3.8, 4) is 11.1 Å². The summed E-state index contributed by atoms with van der Waals surface area (Å²) in [6, 6.07) is 16.9. The van der Waals surface area contributed by atoms with E-state index >= 15 is 0 Å². The van der Waals surface area contributed by atoms with Crippen molar-refractivity contribution >= 4 is 22.9 Å². The highest BCUT2D eigenvalue weighted by Gasteiger charge is 2.16. The molecule has 0 fully saturated rings. The van der Waals surface area contributed by atoms with Gasteiger partial charge in [-0.1, -0.05) is 37.3 Å². The first-order valence-corrected chi connectivity index (χ1v) is 8.75. The number of fused-ring (bicyclic) bond motifs is 1. The molecule has 3 N–H and O–H groups in total. The Bertz CT molecular complexity index is 1100. The van der Waals surface area contributed by atoms with Crippen molar-refractivity contribution in [2.45, 2.75) is 13.3 Å². The molecule has 0 aliphatic carbocycles. The Morgan fingerprint density at radius 1 is 1.11 bits per heavy atom. The van der Waals surface area contributed by atoms with Gasteiger partial charge in [0.25, 0.3) is 5.91 Å². The van der Waals surface area contributed by atoms with Gasteiger partial charge in [-0.25, -0.2) is 9.50 Å². The number of nitrogen functional groups attached to an aromatic ring is 1. The number of amides is 1. The third-order valence-corrected chi connectivity index (χ3v) is 4.53. The van der Waals surface area contributed by atoms with Crippen LogP contribution in [0.25, 0.3) is 16.6 Å². The third-order valence-electron chi connectivity index (χ3n) is 4.53. The molecule has 0 radical (unpaired) electrons. The molecule has 2 heterocycles. The van der Waals surface area contributed by atoms with Gasteiger partial charge in [-0.15, -0.1) is 0 Å². The molecule has 2 aromatic carbocycles. The summed E-state index contributed by atoms with van der Waals surface area (Å²) in [6.45, 7) is 2.09. The van der Waals surface area contributed by atoms with Crippen LogP contribution in [0, 0.1) is 0 Å². The van der Waals surface area contributed by atoms with Crippen LogP contribution in [-0.4, -0.2) is 20.5 Å². The summed E-state index contributed by atoms with van der Waals surface area (Å²) in [5.74, 6) is 0.290. The van der Waals surface area contributed by atoms with Gasteiger partial charge in [0.1, 0.15) is 11.8 Å². The van der Waals surface area contributed by atoms with Gasteiger partial charge in [-0.05, 0) is 41.8 Å². The number of nitrogens with zero attached hydrogens (tertiary/aromatic N) is 3. The molecule has 6 heteroatoms. The Morgan fingerprint density at radius 3 is 2.56 bits per heavy atom. The molecule has 2 aromatic heterocycles. The molecule has 0 bridgehead atoms. The summed E-state index contributed by atoms with van der Waals surface area (Å²) in [5.41, 5.74) is 11.3. The van der Waals surface area contributed by atoms with Crippen molar-refractivity contribution in [3.05, 3.63) is 78.2 Å². The highest BCUT2D eigenvalue weighted by molar-refractivity contribution is 6.04. The second-order valence-electron chi connectivity index (χ2n) is 6.22. The van der Waals surface area contributed by atoms with Crippen LogP contribution in [0.3, 0.4) is 0 Å². The number of carbonyl (C=O) groups excluding carboxylic acids is 1. The molecule has 27 heavy (non-hydrogen) atoms. The lowest BCUT2D eigenvalue weighted by molar-refractivity contribution is 0.102. The lowest BCUT2D eigenvalue weighted by Crippen LogP contribution is -2.11. The second kappa shape index (κ2) is 6.92. The molecule has 0 unspecified atom stereocenters. The van der Waals surface area contributed by atoms with Crippen LogP contribution in [0.5, 0.6) is 0 Å². The molecule has 0 saturated carbocycles. The zero-order valence-corrected chi connectivity index (χ0v) is 14.9. The molecule has 0 aliphatic heterocycles. The number of para-hydroxylation sites is 1. The number of carbonyl (C=O) groups is 1. The fourth-order valence-electron chi connectivity index (χ4n) is 3.19. The van der Waals surface area contributed by atoms with Gasteiger partial charge in [0.2, 0.25) is 0 Å². The number of aryl methyl sites for hydroxylation is 1. The zero-order valence-electron chi connectivity index (χ0n) is 14.9. The van der Waals surface area contributed by atoms with Gasteiger partial charge < -0.3 is 11.1 Å². The minimum absolute atomic E-state index is 0.145. The summed E-state index contributed by atoms with van der Waals surface area (Å²) in [4.78, 5) is 16.6. The quantitative estimate of drug-likeness (QED) is 0.582. The number of hydrogen-bond donors (Lipinski definition) is 2. The van der Waals surface area contributed by atoms with E-state index in [1.54, 1.807) is 4.52 Å². The first kappa shape index (κ1) is 16.8. The van der Waals surface area contributed by atoms with Crippen molar-refractivity contribution in [2.75, 3.05) is 11.1 Å². The zero-order chi connectivity index (χ0) is 18.8. The van der Waals surface area contributed by atoms with Gasteiger partial charge >= 0.3 is 0 Å². The highest BCUT2D eigenvalue weighted by Crippen LogP contribution is 2.32. The summed E-state index contributed by atoms with van der Waals surface area (Å²) in [6.07, 6.45) is 4.26. The van der Waals surface area contributed by atoms with Gasteiger partial charge in [0, 0.05) is 23.0 Å². The lowest BCUT2D eigenvalue weighted by atomic mass is 9.99. The van der Waals surface area contributed by atoms with Crippen LogP contribution in [0.2, 0.25) is 0 Å². The van der Waals surface area contributed by atoms with Crippen molar-refractivity contribution in [3.63, 3.8) is 0 Å². The van der Waals surface area contributed by atoms with E-state index in [1.165, 1.54) is 6.33 Å². The number of anilines is 2. The van der Waals surface area contributed by atoms with Crippen LogP contribution in [0.4, 0.5) is 11.5 Å². The van der Waals surface area contributed by atoms with E-state index in [1.807, 2.05) is 60.8 Å². The average molecular weight is 357 g/mol. The summed E-state index contributed by atoms with van der Waals surface area (Å²) < 4.78 is 1.76. The van der Waals surface area contributed by atoms with Crippen LogP contribution in [0.1, 0.15) is 22.8 Å². The van der Waals surface area contributed by atoms with Crippen molar-refractivity contribution in [1.82, 2.24) is 14.6 Å². The van der Waals surface area contributed by atoms with E-state index < -0.39 is 0 Å². The first-order chi connectivity index (χ1) is 13.2. The molecular formula is C21H19N5O. The molecule has 0 atom stereocenters. The van der Waals surface area contributed by atoms with Crippen LogP contribution < -0.4 is 11.1 Å². The molecule has 4 rings (SSSR count). The smallest absolute Gasteiger partial charge is 0.255 e. The summed E-state index contributed by atoms with van der Waals surface area (Å²) >= 11 is 0. The van der Waals surface area contributed by atoms with E-state index in [-0.39, 0.29) is 5.91 Å². The highest BCUT2D eigenvalue weighted by atomic mass is 16.1. The number of nitrogens with one attached hydrogen (secondary N) is 1. The van der Waals surface area contributed by atoms with Crippen molar-refractivity contribution in [2.24, 2.45) is 0 Å². The fraction of sp³-hybridized carbons (Fsp3) is 0.0952. The van der Waals surface area contributed by atoms with Gasteiger partial charge in [-0.3, -0.25) is 4.79 Å². The van der Waals surface area contributed by atoms with Crippen molar-refractivity contribution < 1.29 is 4.79 Å². The van der Waals surface area contributed by atoms with Crippen molar-refractivity contribution in [1.29, 1.82) is 0 Å². The maximum absolute atomic E-state index is 12.4. The van der Waals surface area contributed by atoms with Crippen LogP contribution >= 0.6 is 0 Å². The normalized spacial score (nSPS) is 10.9. The molecule has 1 amide bonds. The average Bonchev–Trinajstić information content (AvgIpc) is 3.09. The van der Waals surface area contributed by atoms with E-state index in [4.69, 9.17) is 5.73 Å². The number of benzene rings is 2. The Balaban J connectivity index is 1.69. The summed E-state index contributed by atoms with van der Waals surface area (Å²) in [5, 5.41) is 7.14. The number of hydrogen-bond acceptors (Lipinski definition) is 4. The Hall–Kier alpha value is -3.67. The van der Waals surface area contributed by atoms with Gasteiger partial charge in [-0.2, -0.15) is 5.10 Å². The fourth-order valence-corrected chi connectivity index (χ4v) is 3.19. The summed E-state index contributed by atoms with van der Waals surface area (Å²) in [7, 11) is 0. The molecule has 0 saturated heterocycles. The second-order valence-corrected chi connectivity index (χ2v) is 6.22. The molecule has 4 aromatic rings. The third kappa shape index (κ3) is 3.13. The van der Waals surface area contributed by atoms with Crippen LogP contribution in [0.15, 0.2) is 67.1 Å². The lowest BCUT2D eigenvalue weighted by Gasteiger charge is -2.08. The predicted octanol–water partition coefficient (Wildman–Crippen LogP) is 3.79. The van der Waals surface area contributed by atoms with E-state index in [2.05, 4.69) is 22.3 Å². The number of nitrogens with two attached hydrogens (primary N) is 1. The minimum atomic E-state index is -0.145. The Labute approximate surface area is 156 Å². The molecule has 0 aliphatic rings. The largest absolute Gasteiger partial charge is 0.382 e. The monoisotopic (exact) mass is 357 g/mol. The maximum Gasteiger partial charge on any atom is 0.255 e. The van der Waals surface area contributed by atoms with Crippen LogP contribution in [-0.2, 0) is 6.42 Å². The van der Waals surface area contributed by atoms with E-state index in [0.29, 0.717) is 11.4 Å². The minimum Gasteiger partial charge on any atom is -0.382 e. The molecule has 134 valence electrons.